The summed E-state index contributed by atoms with van der Waals surface area (Å²) in [4.78, 5) is 16.1. The number of aryl methyl sites for hydroxylation is 2. The molecule has 0 atom stereocenters. The lowest BCUT2D eigenvalue weighted by Gasteiger charge is -2.16. The van der Waals surface area contributed by atoms with Crippen molar-refractivity contribution in [1.82, 2.24) is 14.8 Å². The molecule has 0 saturated heterocycles. The van der Waals surface area contributed by atoms with E-state index in [9.17, 15) is 9.90 Å². The van der Waals surface area contributed by atoms with Crippen LogP contribution in [-0.2, 0) is 0 Å². The van der Waals surface area contributed by atoms with Crippen LogP contribution in [-0.4, -0.2) is 25.8 Å². The van der Waals surface area contributed by atoms with Gasteiger partial charge in [0, 0.05) is 17.1 Å². The summed E-state index contributed by atoms with van der Waals surface area (Å²) < 4.78 is 1.83. The summed E-state index contributed by atoms with van der Waals surface area (Å²) >= 11 is 0. The molecule has 7 heteroatoms. The first-order chi connectivity index (χ1) is 16.4. The predicted octanol–water partition coefficient (Wildman–Crippen LogP) is 5.73. The highest BCUT2D eigenvalue weighted by atomic mass is 16.4. The molecule has 34 heavy (non-hydrogen) atoms. The number of aromatic carboxylic acids is 1. The molecule has 0 aliphatic carbocycles. The number of aromatic nitrogens is 3. The minimum atomic E-state index is -1.01. The van der Waals surface area contributed by atoms with E-state index in [2.05, 4.69) is 10.3 Å². The minimum absolute atomic E-state index is 0.176. The van der Waals surface area contributed by atoms with E-state index in [-0.39, 0.29) is 5.56 Å². The summed E-state index contributed by atoms with van der Waals surface area (Å²) in [5.41, 5.74) is 11.3. The van der Waals surface area contributed by atoms with Crippen molar-refractivity contribution in [3.8, 4) is 16.8 Å². The summed E-state index contributed by atoms with van der Waals surface area (Å²) in [5.74, 6) is 0.115. The SMILES string of the molecule is Cc1ccccc1-n1nc(C)c(-c2ccc3ccnc(N)c3c2)c1Nc1ccccc1C(=O)O. The van der Waals surface area contributed by atoms with Gasteiger partial charge in [0.15, 0.2) is 0 Å². The molecule has 168 valence electrons. The third kappa shape index (κ3) is 3.63. The number of benzene rings is 3. The number of carboxylic acids is 1. The summed E-state index contributed by atoms with van der Waals surface area (Å²) in [6, 6.07) is 22.7. The molecule has 0 amide bonds. The fourth-order valence-corrected chi connectivity index (χ4v) is 4.22. The van der Waals surface area contributed by atoms with Gasteiger partial charge in [0.2, 0.25) is 0 Å². The third-order valence-electron chi connectivity index (χ3n) is 5.90. The average molecular weight is 450 g/mol. The fraction of sp³-hybridized carbons (Fsp3) is 0.0741. The highest BCUT2D eigenvalue weighted by Gasteiger charge is 2.21. The van der Waals surface area contributed by atoms with Crippen molar-refractivity contribution in [2.24, 2.45) is 0 Å². The number of anilines is 3. The van der Waals surface area contributed by atoms with Gasteiger partial charge in [0.1, 0.15) is 11.6 Å². The van der Waals surface area contributed by atoms with Gasteiger partial charge in [0.05, 0.1) is 22.6 Å². The maximum atomic E-state index is 11.9. The van der Waals surface area contributed by atoms with Gasteiger partial charge in [-0.3, -0.25) is 0 Å². The molecule has 3 aromatic carbocycles. The lowest BCUT2D eigenvalue weighted by atomic mass is 10.0. The number of nitrogens with one attached hydrogen (secondary N) is 1. The summed E-state index contributed by atoms with van der Waals surface area (Å²) in [6.07, 6.45) is 1.69. The molecule has 7 nitrogen and oxygen atoms in total. The predicted molar refractivity (Wildman–Crippen MR) is 135 cm³/mol. The molecule has 0 radical (unpaired) electrons. The van der Waals surface area contributed by atoms with Crippen molar-refractivity contribution in [3.05, 3.63) is 95.8 Å². The Labute approximate surface area is 196 Å². The Hall–Kier alpha value is -4.65. The third-order valence-corrected chi connectivity index (χ3v) is 5.90. The number of hydrogen-bond donors (Lipinski definition) is 3. The Morgan fingerprint density at radius 2 is 1.76 bits per heavy atom. The maximum Gasteiger partial charge on any atom is 0.337 e. The summed E-state index contributed by atoms with van der Waals surface area (Å²) in [7, 11) is 0. The quantitative estimate of drug-likeness (QED) is 0.316. The fourth-order valence-electron chi connectivity index (χ4n) is 4.22. The molecule has 5 aromatic rings. The molecule has 2 heterocycles. The number of para-hydroxylation sites is 2. The van der Waals surface area contributed by atoms with Gasteiger partial charge in [-0.1, -0.05) is 42.5 Å². The van der Waals surface area contributed by atoms with Gasteiger partial charge < -0.3 is 16.2 Å². The Morgan fingerprint density at radius 1 is 1.00 bits per heavy atom. The molecule has 4 N–H and O–H groups in total. The second-order valence-corrected chi connectivity index (χ2v) is 8.12. The number of pyridine rings is 1. The van der Waals surface area contributed by atoms with Crippen LogP contribution < -0.4 is 11.1 Å². The molecule has 0 aliphatic rings. The maximum absolute atomic E-state index is 11.9. The van der Waals surface area contributed by atoms with E-state index in [4.69, 9.17) is 10.8 Å². The summed E-state index contributed by atoms with van der Waals surface area (Å²) in [5, 5.41) is 19.8. The highest BCUT2D eigenvalue weighted by Crippen LogP contribution is 2.38. The Kier molecular flexibility index (Phi) is 5.22. The average Bonchev–Trinajstić information content (AvgIpc) is 3.15. The molecule has 0 unspecified atom stereocenters. The molecule has 0 spiro atoms. The Bertz CT molecular complexity index is 1550. The molecular weight excluding hydrogens is 426 g/mol. The van der Waals surface area contributed by atoms with Crippen molar-refractivity contribution < 1.29 is 9.90 Å². The normalized spacial score (nSPS) is 11.0. The number of nitrogens with two attached hydrogens (primary N) is 1. The monoisotopic (exact) mass is 449 g/mol. The highest BCUT2D eigenvalue weighted by molar-refractivity contribution is 5.98. The first-order valence-electron chi connectivity index (χ1n) is 10.8. The Balaban J connectivity index is 1.77. The number of carbonyl (C=O) groups is 1. The Morgan fingerprint density at radius 3 is 2.56 bits per heavy atom. The zero-order valence-electron chi connectivity index (χ0n) is 18.8. The van der Waals surface area contributed by atoms with E-state index in [0.29, 0.717) is 17.3 Å². The zero-order valence-corrected chi connectivity index (χ0v) is 18.8. The largest absolute Gasteiger partial charge is 0.478 e. The van der Waals surface area contributed by atoms with Crippen LogP contribution in [0.25, 0.3) is 27.6 Å². The lowest BCUT2D eigenvalue weighted by molar-refractivity contribution is 0.0698. The number of nitrogen functional groups attached to an aromatic ring is 1. The van der Waals surface area contributed by atoms with Crippen molar-refractivity contribution in [3.63, 3.8) is 0 Å². The molecule has 0 saturated carbocycles. The van der Waals surface area contributed by atoms with Gasteiger partial charge in [-0.05, 0) is 60.7 Å². The number of fused-ring (bicyclic) bond motifs is 1. The molecule has 5 rings (SSSR count). The van der Waals surface area contributed by atoms with E-state index in [1.54, 1.807) is 30.5 Å². The van der Waals surface area contributed by atoms with Crippen LogP contribution in [0.5, 0.6) is 0 Å². The van der Waals surface area contributed by atoms with E-state index in [1.807, 2.05) is 67.1 Å². The van der Waals surface area contributed by atoms with E-state index < -0.39 is 5.97 Å². The van der Waals surface area contributed by atoms with Crippen LogP contribution in [0.4, 0.5) is 17.3 Å². The molecule has 0 bridgehead atoms. The molecule has 0 aliphatic heterocycles. The standard InChI is InChI=1S/C27H23N5O2/c1-16-7-3-6-10-23(16)32-26(30-22-9-5-4-8-20(22)27(33)34)24(17(2)31-32)19-12-11-18-13-14-29-25(28)21(18)15-19/h3-15,30H,1-2H3,(H2,28,29)(H,33,34). The molecule has 0 fully saturated rings. The number of carboxylic acid groups (broad SMARTS) is 1. The van der Waals surface area contributed by atoms with Crippen LogP contribution in [0.15, 0.2) is 79.0 Å². The lowest BCUT2D eigenvalue weighted by Crippen LogP contribution is -2.08. The zero-order chi connectivity index (χ0) is 23.8. The van der Waals surface area contributed by atoms with Crippen molar-refractivity contribution in [2.75, 3.05) is 11.1 Å². The van der Waals surface area contributed by atoms with Gasteiger partial charge in [-0.2, -0.15) is 5.10 Å². The van der Waals surface area contributed by atoms with Crippen molar-refractivity contribution in [2.45, 2.75) is 13.8 Å². The van der Waals surface area contributed by atoms with Crippen LogP contribution in [0.2, 0.25) is 0 Å². The number of rotatable bonds is 5. The minimum Gasteiger partial charge on any atom is -0.478 e. The molecule has 2 aromatic heterocycles. The van der Waals surface area contributed by atoms with Gasteiger partial charge in [0.25, 0.3) is 0 Å². The number of hydrogen-bond acceptors (Lipinski definition) is 5. The van der Waals surface area contributed by atoms with Crippen molar-refractivity contribution >= 4 is 34.1 Å². The second-order valence-electron chi connectivity index (χ2n) is 8.12. The smallest absolute Gasteiger partial charge is 0.337 e. The van der Waals surface area contributed by atoms with Crippen molar-refractivity contribution in [1.29, 1.82) is 0 Å². The first-order valence-corrected chi connectivity index (χ1v) is 10.8. The van der Waals surface area contributed by atoms with E-state index >= 15 is 0 Å². The van der Waals surface area contributed by atoms with Gasteiger partial charge in [-0.25, -0.2) is 14.5 Å². The first kappa shape index (κ1) is 21.2. The second kappa shape index (κ2) is 8.37. The topological polar surface area (TPSA) is 106 Å². The van der Waals surface area contributed by atoms with Crippen LogP contribution in [0, 0.1) is 13.8 Å². The van der Waals surface area contributed by atoms with E-state index in [1.165, 1.54) is 0 Å². The summed E-state index contributed by atoms with van der Waals surface area (Å²) in [6.45, 7) is 3.96. The molecular formula is C27H23N5O2. The number of nitrogens with zero attached hydrogens (tertiary/aromatic N) is 3. The van der Waals surface area contributed by atoms with Crippen LogP contribution in [0.1, 0.15) is 21.6 Å². The van der Waals surface area contributed by atoms with E-state index in [0.717, 1.165) is 38.8 Å². The van der Waals surface area contributed by atoms with Gasteiger partial charge >= 0.3 is 5.97 Å². The van der Waals surface area contributed by atoms with Crippen LogP contribution in [0.3, 0.4) is 0 Å². The van der Waals surface area contributed by atoms with Gasteiger partial charge in [-0.15, -0.1) is 0 Å². The van der Waals surface area contributed by atoms with Crippen LogP contribution >= 0.6 is 0 Å².